The first kappa shape index (κ1) is 13.0. The van der Waals surface area contributed by atoms with Gasteiger partial charge in [0, 0.05) is 17.0 Å². The van der Waals surface area contributed by atoms with Crippen molar-refractivity contribution in [2.75, 3.05) is 13.1 Å². The predicted molar refractivity (Wildman–Crippen MR) is 73.6 cm³/mol. The van der Waals surface area contributed by atoms with E-state index in [1.54, 1.807) is 0 Å². The summed E-state index contributed by atoms with van der Waals surface area (Å²) in [6.07, 6.45) is 3.81. The zero-order valence-corrected chi connectivity index (χ0v) is 11.9. The molecule has 1 aromatic heterocycles. The van der Waals surface area contributed by atoms with Crippen molar-refractivity contribution in [2.24, 2.45) is 0 Å². The van der Waals surface area contributed by atoms with Gasteiger partial charge >= 0.3 is 0 Å². The number of rotatable bonds is 3. The van der Waals surface area contributed by atoms with Crippen LogP contribution in [0.5, 0.6) is 0 Å². The van der Waals surface area contributed by atoms with Crippen LogP contribution < -0.4 is 10.6 Å². The first-order chi connectivity index (χ1) is 8.16. The maximum Gasteiger partial charge on any atom is 0.0900 e. The third kappa shape index (κ3) is 3.50. The molecule has 2 rings (SSSR count). The van der Waals surface area contributed by atoms with Gasteiger partial charge in [-0.25, -0.2) is 4.98 Å². The zero-order valence-electron chi connectivity index (χ0n) is 11.0. The van der Waals surface area contributed by atoms with Gasteiger partial charge in [-0.1, -0.05) is 0 Å². The molecule has 4 heteroatoms. The Morgan fingerprint density at radius 2 is 2.18 bits per heavy atom. The quantitative estimate of drug-likeness (QED) is 0.869. The number of aromatic nitrogens is 1. The van der Waals surface area contributed by atoms with Gasteiger partial charge in [-0.2, -0.15) is 0 Å². The van der Waals surface area contributed by atoms with Gasteiger partial charge < -0.3 is 10.6 Å². The van der Waals surface area contributed by atoms with Crippen LogP contribution in [0.4, 0.5) is 0 Å². The number of nitrogens with zero attached hydrogens (tertiary/aromatic N) is 1. The second-order valence-corrected chi connectivity index (χ2v) is 6.18. The fraction of sp³-hybridized carbons (Fsp3) is 0.769. The summed E-state index contributed by atoms with van der Waals surface area (Å²) in [5.74, 6) is 0. The molecule has 1 fully saturated rings. The lowest BCUT2D eigenvalue weighted by Crippen LogP contribution is -2.32. The fourth-order valence-electron chi connectivity index (χ4n) is 2.56. The SMILES string of the molecule is Cc1nc(C)c(C(C)NC2CCCNCC2)s1. The van der Waals surface area contributed by atoms with Crippen molar-refractivity contribution in [1.29, 1.82) is 0 Å². The van der Waals surface area contributed by atoms with Crippen LogP contribution in [-0.4, -0.2) is 24.1 Å². The molecule has 1 aliphatic heterocycles. The molecule has 2 unspecified atom stereocenters. The van der Waals surface area contributed by atoms with Crippen molar-refractivity contribution in [3.8, 4) is 0 Å². The molecule has 0 amide bonds. The number of hydrogen-bond acceptors (Lipinski definition) is 4. The van der Waals surface area contributed by atoms with E-state index in [9.17, 15) is 0 Å². The van der Waals surface area contributed by atoms with Gasteiger partial charge in [0.1, 0.15) is 0 Å². The first-order valence-electron chi connectivity index (χ1n) is 6.57. The highest BCUT2D eigenvalue weighted by atomic mass is 32.1. The molecule has 0 aliphatic carbocycles. The molecule has 2 N–H and O–H groups in total. The van der Waals surface area contributed by atoms with Crippen molar-refractivity contribution in [1.82, 2.24) is 15.6 Å². The standard InChI is InChI=1S/C13H23N3S/c1-9-13(17-11(3)15-9)10(2)16-12-5-4-7-14-8-6-12/h10,12,14,16H,4-8H2,1-3H3. The van der Waals surface area contributed by atoms with Crippen LogP contribution >= 0.6 is 11.3 Å². The predicted octanol–water partition coefficient (Wildman–Crippen LogP) is 2.55. The van der Waals surface area contributed by atoms with Gasteiger partial charge in [0.2, 0.25) is 0 Å². The van der Waals surface area contributed by atoms with Gasteiger partial charge in [-0.05, 0) is 53.1 Å². The van der Waals surface area contributed by atoms with E-state index in [0.717, 1.165) is 6.54 Å². The van der Waals surface area contributed by atoms with E-state index in [4.69, 9.17) is 0 Å². The van der Waals surface area contributed by atoms with E-state index >= 15 is 0 Å². The third-order valence-electron chi connectivity index (χ3n) is 3.39. The summed E-state index contributed by atoms with van der Waals surface area (Å²) in [4.78, 5) is 5.91. The molecule has 1 aliphatic rings. The van der Waals surface area contributed by atoms with Crippen LogP contribution in [0.15, 0.2) is 0 Å². The Labute approximate surface area is 108 Å². The molecule has 2 heterocycles. The molecule has 0 radical (unpaired) electrons. The second-order valence-electron chi connectivity index (χ2n) is 4.95. The summed E-state index contributed by atoms with van der Waals surface area (Å²) < 4.78 is 0. The van der Waals surface area contributed by atoms with Gasteiger partial charge in [0.15, 0.2) is 0 Å². The lowest BCUT2D eigenvalue weighted by molar-refractivity contribution is 0.423. The molecule has 1 aromatic rings. The number of aryl methyl sites for hydroxylation is 2. The highest BCUT2D eigenvalue weighted by Gasteiger charge is 2.18. The van der Waals surface area contributed by atoms with Crippen molar-refractivity contribution in [3.05, 3.63) is 15.6 Å². The molecule has 2 atom stereocenters. The Balaban J connectivity index is 1.95. The maximum atomic E-state index is 4.51. The molecular weight excluding hydrogens is 230 g/mol. The average molecular weight is 253 g/mol. The van der Waals surface area contributed by atoms with Crippen LogP contribution in [0.25, 0.3) is 0 Å². The number of nitrogens with one attached hydrogen (secondary N) is 2. The second kappa shape index (κ2) is 5.94. The summed E-state index contributed by atoms with van der Waals surface area (Å²) in [5, 5.41) is 8.39. The molecule has 0 saturated carbocycles. The van der Waals surface area contributed by atoms with E-state index in [2.05, 4.69) is 36.4 Å². The van der Waals surface area contributed by atoms with E-state index in [1.807, 2.05) is 11.3 Å². The van der Waals surface area contributed by atoms with Crippen LogP contribution in [0.2, 0.25) is 0 Å². The smallest absolute Gasteiger partial charge is 0.0900 e. The fourth-order valence-corrected chi connectivity index (χ4v) is 3.50. The minimum absolute atomic E-state index is 0.435. The number of thiazole rings is 1. The Bertz CT molecular complexity index is 354. The lowest BCUT2D eigenvalue weighted by Gasteiger charge is -2.21. The summed E-state index contributed by atoms with van der Waals surface area (Å²) in [7, 11) is 0. The van der Waals surface area contributed by atoms with Crippen molar-refractivity contribution >= 4 is 11.3 Å². The van der Waals surface area contributed by atoms with Gasteiger partial charge in [0.25, 0.3) is 0 Å². The van der Waals surface area contributed by atoms with Crippen LogP contribution in [-0.2, 0) is 0 Å². The van der Waals surface area contributed by atoms with Crippen molar-refractivity contribution in [3.63, 3.8) is 0 Å². The van der Waals surface area contributed by atoms with Crippen LogP contribution in [0.1, 0.15) is 47.8 Å². The summed E-state index contributed by atoms with van der Waals surface area (Å²) in [6, 6.07) is 1.09. The molecule has 17 heavy (non-hydrogen) atoms. The highest BCUT2D eigenvalue weighted by molar-refractivity contribution is 7.11. The summed E-state index contributed by atoms with van der Waals surface area (Å²) in [5.41, 5.74) is 1.19. The maximum absolute atomic E-state index is 4.51. The number of hydrogen-bond donors (Lipinski definition) is 2. The first-order valence-corrected chi connectivity index (χ1v) is 7.39. The largest absolute Gasteiger partial charge is 0.317 e. The van der Waals surface area contributed by atoms with Gasteiger partial charge in [-0.3, -0.25) is 0 Å². The van der Waals surface area contributed by atoms with Crippen molar-refractivity contribution < 1.29 is 0 Å². The molecule has 3 nitrogen and oxygen atoms in total. The molecular formula is C13H23N3S. The minimum atomic E-state index is 0.435. The Morgan fingerprint density at radius 3 is 2.88 bits per heavy atom. The third-order valence-corrected chi connectivity index (χ3v) is 4.65. The van der Waals surface area contributed by atoms with Gasteiger partial charge in [0.05, 0.1) is 10.7 Å². The normalized spacial score (nSPS) is 23.4. The molecule has 0 bridgehead atoms. The van der Waals surface area contributed by atoms with E-state index < -0.39 is 0 Å². The van der Waals surface area contributed by atoms with E-state index in [0.29, 0.717) is 12.1 Å². The summed E-state index contributed by atoms with van der Waals surface area (Å²) >= 11 is 1.83. The van der Waals surface area contributed by atoms with Gasteiger partial charge in [-0.15, -0.1) is 11.3 Å². The van der Waals surface area contributed by atoms with E-state index in [1.165, 1.54) is 41.4 Å². The monoisotopic (exact) mass is 253 g/mol. The molecule has 0 spiro atoms. The summed E-state index contributed by atoms with van der Waals surface area (Å²) in [6.45, 7) is 8.78. The zero-order chi connectivity index (χ0) is 12.3. The Hall–Kier alpha value is -0.450. The van der Waals surface area contributed by atoms with Crippen molar-refractivity contribution in [2.45, 2.75) is 52.1 Å². The average Bonchev–Trinajstić information content (AvgIpc) is 2.51. The van der Waals surface area contributed by atoms with Crippen LogP contribution in [0.3, 0.4) is 0 Å². The van der Waals surface area contributed by atoms with Crippen LogP contribution in [0, 0.1) is 13.8 Å². The van der Waals surface area contributed by atoms with E-state index in [-0.39, 0.29) is 0 Å². The molecule has 0 aromatic carbocycles. The topological polar surface area (TPSA) is 37.0 Å². The Kier molecular flexibility index (Phi) is 4.54. The minimum Gasteiger partial charge on any atom is -0.317 e. The molecule has 1 saturated heterocycles. The molecule has 96 valence electrons. The Morgan fingerprint density at radius 1 is 1.35 bits per heavy atom. The lowest BCUT2D eigenvalue weighted by atomic mass is 10.1. The highest BCUT2D eigenvalue weighted by Crippen LogP contribution is 2.25.